The van der Waals surface area contributed by atoms with E-state index in [2.05, 4.69) is 6.07 Å². The van der Waals surface area contributed by atoms with Crippen LogP contribution in [-0.2, 0) is 4.79 Å². The first-order chi connectivity index (χ1) is 11.5. The van der Waals surface area contributed by atoms with Gasteiger partial charge < -0.3 is 9.64 Å². The van der Waals surface area contributed by atoms with Crippen LogP contribution >= 0.6 is 23.2 Å². The lowest BCUT2D eigenvalue weighted by molar-refractivity contribution is -0.120. The predicted octanol–water partition coefficient (Wildman–Crippen LogP) is 4.63. The van der Waals surface area contributed by atoms with Crippen molar-refractivity contribution in [3.8, 4) is 11.8 Å². The normalized spacial score (nSPS) is 10.1. The number of halogens is 2. The summed E-state index contributed by atoms with van der Waals surface area (Å²) in [5.41, 5.74) is 1.81. The quantitative estimate of drug-likeness (QED) is 0.752. The van der Waals surface area contributed by atoms with E-state index < -0.39 is 0 Å². The van der Waals surface area contributed by atoms with Crippen molar-refractivity contribution in [2.24, 2.45) is 0 Å². The van der Waals surface area contributed by atoms with Gasteiger partial charge in [-0.25, -0.2) is 0 Å². The van der Waals surface area contributed by atoms with Crippen LogP contribution in [0.25, 0.3) is 0 Å². The minimum atomic E-state index is -0.259. The molecule has 2 aromatic carbocycles. The monoisotopic (exact) mass is 362 g/mol. The minimum Gasteiger partial charge on any atom is -0.482 e. The summed E-state index contributed by atoms with van der Waals surface area (Å²) in [5, 5.41) is 9.67. The van der Waals surface area contributed by atoms with Gasteiger partial charge in [0, 0.05) is 23.3 Å². The zero-order chi connectivity index (χ0) is 17.5. The molecule has 4 nitrogen and oxygen atoms in total. The molecule has 0 N–H and O–H groups in total. The van der Waals surface area contributed by atoms with E-state index in [0.29, 0.717) is 22.3 Å². The highest BCUT2D eigenvalue weighted by molar-refractivity contribution is 6.34. The molecule has 6 heteroatoms. The molecule has 0 heterocycles. The molecule has 0 fully saturated rings. The minimum absolute atomic E-state index is 0.195. The first-order valence-corrected chi connectivity index (χ1v) is 8.08. The Bertz CT molecular complexity index is 755. The summed E-state index contributed by atoms with van der Waals surface area (Å²) in [6.07, 6.45) is 0.234. The summed E-state index contributed by atoms with van der Waals surface area (Å²) in [4.78, 5) is 14.0. The molecule has 2 rings (SSSR count). The standard InChI is InChI=1S/C18H16Cl2N2O2/c1-13-3-6-15(7-4-13)22(10-2-9-21)18(23)12-24-17-11-14(19)5-8-16(17)20/h3-8,11H,2,10,12H2,1H3. The summed E-state index contributed by atoms with van der Waals surface area (Å²) < 4.78 is 5.50. The smallest absolute Gasteiger partial charge is 0.264 e. The zero-order valence-corrected chi connectivity index (χ0v) is 14.6. The van der Waals surface area contributed by atoms with Crippen LogP contribution < -0.4 is 9.64 Å². The molecule has 0 aliphatic carbocycles. The van der Waals surface area contributed by atoms with Crippen LogP contribution in [0.15, 0.2) is 42.5 Å². The largest absolute Gasteiger partial charge is 0.482 e. The summed E-state index contributed by atoms with van der Waals surface area (Å²) in [6, 6.07) is 14.4. The fourth-order valence-corrected chi connectivity index (χ4v) is 2.42. The van der Waals surface area contributed by atoms with E-state index in [0.717, 1.165) is 11.3 Å². The molecule has 24 heavy (non-hydrogen) atoms. The maximum Gasteiger partial charge on any atom is 0.264 e. The van der Waals surface area contributed by atoms with Gasteiger partial charge in [-0.15, -0.1) is 0 Å². The first kappa shape index (κ1) is 18.1. The molecule has 0 spiro atoms. The lowest BCUT2D eigenvalue weighted by atomic mass is 10.2. The third kappa shape index (κ3) is 4.89. The Morgan fingerprint density at radius 1 is 1.21 bits per heavy atom. The van der Waals surface area contributed by atoms with Crippen molar-refractivity contribution in [1.29, 1.82) is 5.26 Å². The van der Waals surface area contributed by atoms with Gasteiger partial charge in [-0.05, 0) is 31.2 Å². The average molecular weight is 363 g/mol. The Kier molecular flexibility index (Phi) is 6.48. The molecule has 0 bridgehead atoms. The molecule has 0 unspecified atom stereocenters. The van der Waals surface area contributed by atoms with Crippen LogP contribution in [0.4, 0.5) is 5.69 Å². The van der Waals surface area contributed by atoms with Crippen molar-refractivity contribution in [1.82, 2.24) is 0 Å². The van der Waals surface area contributed by atoms with Gasteiger partial charge in [0.15, 0.2) is 6.61 Å². The van der Waals surface area contributed by atoms with Crippen molar-refractivity contribution in [2.75, 3.05) is 18.1 Å². The number of rotatable bonds is 6. The molecule has 124 valence electrons. The molecule has 0 saturated heterocycles. The Morgan fingerprint density at radius 3 is 2.58 bits per heavy atom. The number of anilines is 1. The van der Waals surface area contributed by atoms with E-state index in [1.165, 1.54) is 4.90 Å². The summed E-state index contributed by atoms with van der Waals surface area (Å²) >= 11 is 11.9. The van der Waals surface area contributed by atoms with Crippen LogP contribution in [0.1, 0.15) is 12.0 Å². The maximum atomic E-state index is 12.5. The molecule has 0 radical (unpaired) electrons. The van der Waals surface area contributed by atoms with Crippen LogP contribution in [0.5, 0.6) is 5.75 Å². The number of nitriles is 1. The molecule has 0 aromatic heterocycles. The van der Waals surface area contributed by atoms with Crippen molar-refractivity contribution < 1.29 is 9.53 Å². The number of nitrogens with zero attached hydrogens (tertiary/aromatic N) is 2. The number of ether oxygens (including phenoxy) is 1. The number of carbonyl (C=O) groups is 1. The lowest BCUT2D eigenvalue weighted by Gasteiger charge is -2.22. The average Bonchev–Trinajstić information content (AvgIpc) is 2.57. The van der Waals surface area contributed by atoms with Gasteiger partial charge in [0.1, 0.15) is 5.75 Å². The molecule has 0 atom stereocenters. The van der Waals surface area contributed by atoms with Crippen LogP contribution in [0.2, 0.25) is 10.0 Å². The Labute approximate surface area is 151 Å². The number of aryl methyl sites for hydroxylation is 1. The molecule has 2 aromatic rings. The fourth-order valence-electron chi connectivity index (χ4n) is 2.09. The molecule has 0 aliphatic rings. The van der Waals surface area contributed by atoms with E-state index in [4.69, 9.17) is 33.2 Å². The number of hydrogen-bond acceptors (Lipinski definition) is 3. The molecule has 1 amide bonds. The zero-order valence-electron chi connectivity index (χ0n) is 13.1. The number of carbonyl (C=O) groups excluding carboxylic acids is 1. The molecular formula is C18H16Cl2N2O2. The number of benzene rings is 2. The SMILES string of the molecule is Cc1ccc(N(CCC#N)C(=O)COc2cc(Cl)ccc2Cl)cc1. The van der Waals surface area contributed by atoms with Crippen molar-refractivity contribution in [2.45, 2.75) is 13.3 Å². The number of hydrogen-bond donors (Lipinski definition) is 0. The topological polar surface area (TPSA) is 53.3 Å². The summed E-state index contributed by atoms with van der Waals surface area (Å²) in [6.45, 7) is 2.07. The summed E-state index contributed by atoms with van der Waals surface area (Å²) in [7, 11) is 0. The third-order valence-corrected chi connectivity index (χ3v) is 3.89. The number of amides is 1. The van der Waals surface area contributed by atoms with Gasteiger partial charge in [-0.1, -0.05) is 40.9 Å². The van der Waals surface area contributed by atoms with Crippen LogP contribution in [-0.4, -0.2) is 19.1 Å². The van der Waals surface area contributed by atoms with Crippen LogP contribution in [0.3, 0.4) is 0 Å². The second-order valence-corrected chi connectivity index (χ2v) is 6.00. The first-order valence-electron chi connectivity index (χ1n) is 7.33. The highest BCUT2D eigenvalue weighted by Crippen LogP contribution is 2.27. The van der Waals surface area contributed by atoms with Crippen molar-refractivity contribution >= 4 is 34.8 Å². The van der Waals surface area contributed by atoms with Crippen LogP contribution in [0, 0.1) is 18.3 Å². The van der Waals surface area contributed by atoms with E-state index in [1.54, 1.807) is 18.2 Å². The van der Waals surface area contributed by atoms with E-state index in [9.17, 15) is 4.79 Å². The predicted molar refractivity (Wildman–Crippen MR) is 95.7 cm³/mol. The lowest BCUT2D eigenvalue weighted by Crippen LogP contribution is -2.35. The van der Waals surface area contributed by atoms with Gasteiger partial charge >= 0.3 is 0 Å². The molecular weight excluding hydrogens is 347 g/mol. The summed E-state index contributed by atoms with van der Waals surface area (Å²) in [5.74, 6) is 0.0896. The van der Waals surface area contributed by atoms with E-state index in [1.807, 2.05) is 31.2 Å². The van der Waals surface area contributed by atoms with E-state index in [-0.39, 0.29) is 18.9 Å². The Morgan fingerprint density at radius 2 is 1.92 bits per heavy atom. The second kappa shape index (κ2) is 8.58. The third-order valence-electron chi connectivity index (χ3n) is 3.34. The van der Waals surface area contributed by atoms with Crippen molar-refractivity contribution in [3.05, 3.63) is 58.1 Å². The maximum absolute atomic E-state index is 12.5. The Hall–Kier alpha value is -2.22. The van der Waals surface area contributed by atoms with Crippen molar-refractivity contribution in [3.63, 3.8) is 0 Å². The van der Waals surface area contributed by atoms with Gasteiger partial charge in [0.2, 0.25) is 0 Å². The second-order valence-electron chi connectivity index (χ2n) is 5.15. The van der Waals surface area contributed by atoms with Gasteiger partial charge in [0.05, 0.1) is 17.5 Å². The highest BCUT2D eigenvalue weighted by atomic mass is 35.5. The van der Waals surface area contributed by atoms with Gasteiger partial charge in [-0.2, -0.15) is 5.26 Å². The van der Waals surface area contributed by atoms with E-state index >= 15 is 0 Å². The van der Waals surface area contributed by atoms with Gasteiger partial charge in [0.25, 0.3) is 5.91 Å². The molecule has 0 saturated carbocycles. The highest BCUT2D eigenvalue weighted by Gasteiger charge is 2.17. The Balaban J connectivity index is 2.11. The fraction of sp³-hybridized carbons (Fsp3) is 0.222. The molecule has 0 aliphatic heterocycles. The van der Waals surface area contributed by atoms with Gasteiger partial charge in [-0.3, -0.25) is 4.79 Å².